The molecule has 1 aromatic carbocycles. The molecule has 0 bridgehead atoms. The Hall–Kier alpha value is -1.31. The molecule has 0 spiro atoms. The van der Waals surface area contributed by atoms with Gasteiger partial charge >= 0.3 is 147 Å². The molecule has 119 valence electrons. The van der Waals surface area contributed by atoms with Crippen LogP contribution in [0.5, 0.6) is 0 Å². The molecule has 0 saturated heterocycles. The van der Waals surface area contributed by atoms with E-state index in [0.717, 1.165) is 0 Å². The van der Waals surface area contributed by atoms with Crippen LogP contribution < -0.4 is 4.90 Å². The Morgan fingerprint density at radius 2 is 1.48 bits per heavy atom. The first-order chi connectivity index (χ1) is 11.1. The van der Waals surface area contributed by atoms with Gasteiger partial charge in [0.15, 0.2) is 0 Å². The first kappa shape index (κ1) is 16.5. The second-order valence-electron chi connectivity index (χ2n) is 6.71. The number of hydrogen-bond acceptors (Lipinski definition) is 1. The zero-order chi connectivity index (χ0) is 16.4. The summed E-state index contributed by atoms with van der Waals surface area (Å²) in [5.74, 6) is 0. The first-order valence-electron chi connectivity index (χ1n) is 8.42. The van der Waals surface area contributed by atoms with Gasteiger partial charge in [0, 0.05) is 0 Å². The average Bonchev–Trinajstić information content (AvgIpc) is 3.14. The molecular weight excluding hydrogens is 314 g/mol. The third-order valence-corrected chi connectivity index (χ3v) is 10.2. The third kappa shape index (κ3) is 3.46. The molecule has 0 aliphatic heterocycles. The van der Waals surface area contributed by atoms with Crippen molar-refractivity contribution in [3.63, 3.8) is 0 Å². The minimum absolute atomic E-state index is 1.18. The predicted molar refractivity (Wildman–Crippen MR) is 97.4 cm³/mol. The maximum absolute atomic E-state index is 2.35. The van der Waals surface area contributed by atoms with Gasteiger partial charge in [0.05, 0.1) is 0 Å². The van der Waals surface area contributed by atoms with Crippen LogP contribution in [0.25, 0.3) is 0 Å². The second kappa shape index (κ2) is 7.07. The molecule has 0 radical (unpaired) electrons. The maximum atomic E-state index is 2.35. The molecule has 1 aromatic rings. The number of anilines is 1. The summed E-state index contributed by atoms with van der Waals surface area (Å²) in [5.41, 5.74) is 5.97. The van der Waals surface area contributed by atoms with Crippen LogP contribution in [0.4, 0.5) is 5.69 Å². The standard InChI is InChI=1S/C9H12N.2C6H7.Ti/c1-8-6-4-5-7-9(8)10(2)3;2*1-6-4-2-3-5-6;/h4-7H,1H2,2-3H3;2*2,4H,3H2,1H3;. The van der Waals surface area contributed by atoms with Crippen LogP contribution in [0.2, 0.25) is 0 Å². The van der Waals surface area contributed by atoms with E-state index in [0.29, 0.717) is 0 Å². The normalized spacial score (nSPS) is 16.7. The molecule has 2 aliphatic rings. The van der Waals surface area contributed by atoms with E-state index in [2.05, 4.69) is 81.4 Å². The quantitative estimate of drug-likeness (QED) is 0.654. The van der Waals surface area contributed by atoms with Gasteiger partial charge in [-0.25, -0.2) is 0 Å². The summed E-state index contributed by atoms with van der Waals surface area (Å²) in [6.45, 7) is 4.61. The van der Waals surface area contributed by atoms with E-state index in [1.807, 2.05) is 0 Å². The fourth-order valence-corrected chi connectivity index (χ4v) is 8.82. The molecule has 0 saturated carbocycles. The molecule has 23 heavy (non-hydrogen) atoms. The van der Waals surface area contributed by atoms with Gasteiger partial charge in [-0.1, -0.05) is 0 Å². The molecule has 1 nitrogen and oxygen atoms in total. The number of nitrogens with zero attached hydrogens (tertiary/aromatic N) is 1. The van der Waals surface area contributed by atoms with E-state index >= 15 is 0 Å². The average molecular weight is 340 g/mol. The molecule has 2 heteroatoms. The van der Waals surface area contributed by atoms with Crippen molar-refractivity contribution in [2.24, 2.45) is 0 Å². The number of para-hydroxylation sites is 1. The Kier molecular flexibility index (Phi) is 5.09. The fraction of sp³-hybridized carbons (Fsp3) is 0.333. The molecule has 0 aromatic heterocycles. The molecule has 0 atom stereocenters. The second-order valence-corrected chi connectivity index (χ2v) is 10.6. The molecule has 0 heterocycles. The van der Waals surface area contributed by atoms with E-state index in [-0.39, 0.29) is 0 Å². The third-order valence-electron chi connectivity index (χ3n) is 4.90. The van der Waals surface area contributed by atoms with Crippen molar-refractivity contribution in [2.45, 2.75) is 31.4 Å². The summed E-state index contributed by atoms with van der Waals surface area (Å²) in [7, 11) is 4.31. The summed E-state index contributed by atoms with van der Waals surface area (Å²) < 4.78 is 4.81. The van der Waals surface area contributed by atoms with Crippen molar-refractivity contribution in [1.29, 1.82) is 0 Å². The van der Waals surface area contributed by atoms with Crippen molar-refractivity contribution >= 4 is 5.69 Å². The molecule has 3 rings (SSSR count). The molecule has 0 unspecified atom stereocenters. The summed E-state index contributed by atoms with van der Waals surface area (Å²) >= 11 is -1.48. The van der Waals surface area contributed by atoms with Crippen molar-refractivity contribution in [2.75, 3.05) is 19.0 Å². The summed E-state index contributed by atoms with van der Waals surface area (Å²) in [5, 5.41) is 0. The van der Waals surface area contributed by atoms with E-state index in [1.165, 1.54) is 40.0 Å². The number of benzene rings is 1. The predicted octanol–water partition coefficient (Wildman–Crippen LogP) is 5.34. The minimum atomic E-state index is -1.48. The van der Waals surface area contributed by atoms with E-state index in [4.69, 9.17) is 0 Å². The van der Waals surface area contributed by atoms with Crippen LogP contribution in [0, 0.1) is 0 Å². The van der Waals surface area contributed by atoms with Crippen molar-refractivity contribution in [3.05, 3.63) is 73.0 Å². The van der Waals surface area contributed by atoms with Crippen molar-refractivity contribution < 1.29 is 17.9 Å². The van der Waals surface area contributed by atoms with Crippen LogP contribution in [-0.4, -0.2) is 14.1 Å². The SMILES string of the molecule is CC1=[C]([Ti]([CH2]c2ccccc2N(C)C)[C]2=C(C)C=CC2)CC=C1. The molecule has 2 aliphatic carbocycles. The van der Waals surface area contributed by atoms with Gasteiger partial charge in [-0.05, 0) is 0 Å². The van der Waals surface area contributed by atoms with Crippen LogP contribution >= 0.6 is 0 Å². The summed E-state index contributed by atoms with van der Waals surface area (Å²) in [6.07, 6.45) is 11.7. The zero-order valence-corrected chi connectivity index (χ0v) is 16.2. The first-order valence-corrected chi connectivity index (χ1v) is 11.1. The topological polar surface area (TPSA) is 3.24 Å². The molecule has 0 fully saturated rings. The van der Waals surface area contributed by atoms with Gasteiger partial charge in [-0.3, -0.25) is 0 Å². The van der Waals surface area contributed by atoms with Gasteiger partial charge in [0.25, 0.3) is 0 Å². The van der Waals surface area contributed by atoms with E-state index in [1.54, 1.807) is 7.76 Å². The van der Waals surface area contributed by atoms with Crippen LogP contribution in [0.1, 0.15) is 32.3 Å². The monoisotopic (exact) mass is 340 g/mol. The number of allylic oxidation sites excluding steroid dienone is 8. The number of rotatable bonds is 5. The van der Waals surface area contributed by atoms with Gasteiger partial charge in [-0.15, -0.1) is 0 Å². The summed E-state index contributed by atoms with van der Waals surface area (Å²) in [4.78, 5) is 2.26. The van der Waals surface area contributed by atoms with Gasteiger partial charge in [0.1, 0.15) is 0 Å². The Morgan fingerprint density at radius 1 is 0.913 bits per heavy atom. The van der Waals surface area contributed by atoms with Gasteiger partial charge in [0.2, 0.25) is 0 Å². The van der Waals surface area contributed by atoms with Gasteiger partial charge in [-0.2, -0.15) is 0 Å². The Labute approximate surface area is 146 Å². The Balaban J connectivity index is 1.98. The van der Waals surface area contributed by atoms with E-state index in [9.17, 15) is 0 Å². The van der Waals surface area contributed by atoms with Crippen molar-refractivity contribution in [3.8, 4) is 0 Å². The van der Waals surface area contributed by atoms with E-state index < -0.39 is 17.9 Å². The molecule has 0 N–H and O–H groups in total. The van der Waals surface area contributed by atoms with Crippen LogP contribution in [-0.2, 0) is 22.6 Å². The van der Waals surface area contributed by atoms with Gasteiger partial charge < -0.3 is 0 Å². The van der Waals surface area contributed by atoms with Crippen LogP contribution in [0.3, 0.4) is 0 Å². The summed E-state index contributed by atoms with van der Waals surface area (Å²) in [6, 6.07) is 8.94. The Morgan fingerprint density at radius 3 is 1.96 bits per heavy atom. The molecule has 0 amide bonds. The molecular formula is C21H26NTi. The van der Waals surface area contributed by atoms with Crippen LogP contribution in [0.15, 0.2) is 67.5 Å². The Bertz CT molecular complexity index is 683. The fourth-order valence-electron chi connectivity index (χ4n) is 3.64. The zero-order valence-electron chi connectivity index (χ0n) is 14.7. The van der Waals surface area contributed by atoms with Crippen molar-refractivity contribution in [1.82, 2.24) is 0 Å². The number of hydrogen-bond donors (Lipinski definition) is 0.